The van der Waals surface area contributed by atoms with E-state index in [1.54, 1.807) is 25.1 Å². The fourth-order valence-corrected chi connectivity index (χ4v) is 4.49. The second kappa shape index (κ2) is 16.1. The van der Waals surface area contributed by atoms with E-state index in [1.165, 1.54) is 15.9 Å². The number of pyridine rings is 1. The van der Waals surface area contributed by atoms with Crippen LogP contribution < -0.4 is 10.6 Å². The molecule has 1 aromatic carbocycles. The summed E-state index contributed by atoms with van der Waals surface area (Å²) in [5.74, 6) is -2.66. The van der Waals surface area contributed by atoms with Gasteiger partial charge in [0.05, 0.1) is 12.3 Å². The van der Waals surface area contributed by atoms with Gasteiger partial charge in [-0.3, -0.25) is 19.2 Å². The number of carbonyl (C=O) groups excluding carboxylic acids is 4. The molecule has 12 heteroatoms. The van der Waals surface area contributed by atoms with E-state index in [1.807, 2.05) is 18.2 Å². The van der Waals surface area contributed by atoms with Crippen molar-refractivity contribution >= 4 is 29.8 Å². The van der Waals surface area contributed by atoms with Crippen LogP contribution in [0.1, 0.15) is 66.8 Å². The van der Waals surface area contributed by atoms with Crippen LogP contribution in [0.5, 0.6) is 0 Å². The molecule has 0 unspecified atom stereocenters. The largest absolute Gasteiger partial charge is 0.481 e. The molecule has 4 amide bonds. The van der Waals surface area contributed by atoms with Gasteiger partial charge in [-0.1, -0.05) is 50.1 Å². The predicted molar refractivity (Wildman–Crippen MR) is 155 cm³/mol. The average Bonchev–Trinajstić information content (AvgIpc) is 3.01. The van der Waals surface area contributed by atoms with E-state index in [9.17, 15) is 29.1 Å². The zero-order valence-corrected chi connectivity index (χ0v) is 24.1. The fourth-order valence-electron chi connectivity index (χ4n) is 4.49. The van der Waals surface area contributed by atoms with Crippen LogP contribution >= 0.6 is 0 Å². The molecule has 3 rings (SSSR count). The Balaban J connectivity index is 1.74. The van der Waals surface area contributed by atoms with E-state index in [-0.39, 0.29) is 56.2 Å². The minimum Gasteiger partial charge on any atom is -0.481 e. The summed E-state index contributed by atoms with van der Waals surface area (Å²) in [5.41, 5.74) is 1.23. The molecule has 226 valence electrons. The van der Waals surface area contributed by atoms with Crippen molar-refractivity contribution in [2.45, 2.75) is 52.0 Å². The Morgan fingerprint density at radius 3 is 2.29 bits per heavy atom. The lowest BCUT2D eigenvalue weighted by Crippen LogP contribution is -2.56. The molecule has 1 fully saturated rings. The maximum Gasteiger partial charge on any atom is 0.409 e. The molecule has 42 heavy (non-hydrogen) atoms. The summed E-state index contributed by atoms with van der Waals surface area (Å²) >= 11 is 0. The van der Waals surface area contributed by atoms with Crippen LogP contribution in [0.4, 0.5) is 4.79 Å². The number of amides is 4. The predicted octanol–water partition coefficient (Wildman–Crippen LogP) is 2.93. The summed E-state index contributed by atoms with van der Waals surface area (Å²) in [6.07, 6.45) is 1.87. The van der Waals surface area contributed by atoms with Gasteiger partial charge in [-0.25, -0.2) is 9.78 Å². The highest BCUT2D eigenvalue weighted by Crippen LogP contribution is 2.20. The van der Waals surface area contributed by atoms with Crippen molar-refractivity contribution in [2.24, 2.45) is 0 Å². The van der Waals surface area contributed by atoms with Gasteiger partial charge in [0.1, 0.15) is 11.7 Å². The van der Waals surface area contributed by atoms with E-state index in [0.717, 1.165) is 19.3 Å². The third kappa shape index (κ3) is 9.28. The molecule has 1 aromatic heterocycles. The molecule has 0 saturated carbocycles. The summed E-state index contributed by atoms with van der Waals surface area (Å²) in [5, 5.41) is 14.6. The Morgan fingerprint density at radius 1 is 0.952 bits per heavy atom. The van der Waals surface area contributed by atoms with Crippen molar-refractivity contribution in [2.75, 3.05) is 39.3 Å². The Bertz CT molecular complexity index is 1250. The summed E-state index contributed by atoms with van der Waals surface area (Å²) in [4.78, 5) is 70.6. The first kappa shape index (κ1) is 32.0. The molecule has 3 N–H and O–H groups in total. The number of ether oxygens (including phenoxy) is 1. The van der Waals surface area contributed by atoms with E-state index < -0.39 is 29.9 Å². The lowest BCUT2D eigenvalue weighted by Gasteiger charge is -2.36. The number of benzene rings is 1. The van der Waals surface area contributed by atoms with Gasteiger partial charge in [0.25, 0.3) is 11.8 Å². The summed E-state index contributed by atoms with van der Waals surface area (Å²) in [6.45, 7) is 5.51. The lowest BCUT2D eigenvalue weighted by molar-refractivity contribution is -0.138. The van der Waals surface area contributed by atoms with Crippen LogP contribution in [-0.2, 0) is 14.3 Å². The molecule has 1 atom stereocenters. The van der Waals surface area contributed by atoms with Crippen LogP contribution in [-0.4, -0.2) is 95.0 Å². The molecule has 1 aliphatic rings. The molecule has 1 aliphatic heterocycles. The summed E-state index contributed by atoms with van der Waals surface area (Å²) in [7, 11) is 0. The molecule has 0 radical (unpaired) electrons. The topological polar surface area (TPSA) is 158 Å². The molecule has 12 nitrogen and oxygen atoms in total. The number of piperazine rings is 1. The Morgan fingerprint density at radius 2 is 1.64 bits per heavy atom. The van der Waals surface area contributed by atoms with Crippen LogP contribution in [0.15, 0.2) is 42.5 Å². The van der Waals surface area contributed by atoms with Crippen molar-refractivity contribution in [3.05, 3.63) is 53.7 Å². The number of carboxylic acids is 1. The van der Waals surface area contributed by atoms with Gasteiger partial charge in [0.2, 0.25) is 5.91 Å². The lowest BCUT2D eigenvalue weighted by atomic mass is 10.1. The zero-order chi connectivity index (χ0) is 30.5. The molecular weight excluding hydrogens is 542 g/mol. The van der Waals surface area contributed by atoms with Gasteiger partial charge in [0, 0.05) is 50.3 Å². The van der Waals surface area contributed by atoms with Crippen molar-refractivity contribution < 1.29 is 33.8 Å². The number of carbonyl (C=O) groups is 5. The third-order valence-electron chi connectivity index (χ3n) is 6.80. The highest BCUT2D eigenvalue weighted by Gasteiger charge is 2.31. The number of unbranched alkanes of at least 4 members (excludes halogenated alkanes) is 2. The molecule has 0 aliphatic carbocycles. The molecule has 1 saturated heterocycles. The number of aromatic nitrogens is 1. The zero-order valence-electron chi connectivity index (χ0n) is 24.1. The van der Waals surface area contributed by atoms with Crippen molar-refractivity contribution in [3.63, 3.8) is 0 Å². The van der Waals surface area contributed by atoms with Crippen LogP contribution in [0, 0.1) is 0 Å². The minimum absolute atomic E-state index is 0.0821. The third-order valence-corrected chi connectivity index (χ3v) is 6.80. The maximum absolute atomic E-state index is 13.4. The highest BCUT2D eigenvalue weighted by atomic mass is 16.6. The number of nitrogens with one attached hydrogen (secondary N) is 2. The standard InChI is InChI=1S/C30H39N5O7/c1-3-5-9-18-42-30(41)35-16-14-34(15-17-35)29(40)23(12-13-26(36)37)33-28(39)25-20-22(27(38)31-4-2)19-24(32-25)21-10-7-6-8-11-21/h6-8,10-11,19-20,23H,3-5,9,12-18H2,1-2H3,(H,31,38)(H,33,39)(H,36,37)/t23-/m0/s1. The first-order valence-electron chi connectivity index (χ1n) is 14.3. The Labute approximate surface area is 245 Å². The summed E-state index contributed by atoms with van der Waals surface area (Å²) < 4.78 is 5.30. The van der Waals surface area contributed by atoms with Gasteiger partial charge in [-0.2, -0.15) is 0 Å². The van der Waals surface area contributed by atoms with E-state index in [0.29, 0.717) is 24.4 Å². The average molecular weight is 582 g/mol. The van der Waals surface area contributed by atoms with E-state index >= 15 is 0 Å². The van der Waals surface area contributed by atoms with Crippen molar-refractivity contribution in [1.29, 1.82) is 0 Å². The van der Waals surface area contributed by atoms with Crippen LogP contribution in [0.25, 0.3) is 11.3 Å². The quantitative estimate of drug-likeness (QED) is 0.305. The van der Waals surface area contributed by atoms with E-state index in [4.69, 9.17) is 4.74 Å². The molecular formula is C30H39N5O7. The number of hydrogen-bond acceptors (Lipinski definition) is 7. The molecule has 0 bridgehead atoms. The van der Waals surface area contributed by atoms with Crippen LogP contribution in [0.2, 0.25) is 0 Å². The van der Waals surface area contributed by atoms with Gasteiger partial charge < -0.3 is 30.3 Å². The van der Waals surface area contributed by atoms with Crippen molar-refractivity contribution in [1.82, 2.24) is 25.4 Å². The molecule has 2 heterocycles. The molecule has 2 aromatic rings. The molecule has 0 spiro atoms. The van der Waals surface area contributed by atoms with Gasteiger partial charge in [-0.15, -0.1) is 0 Å². The van der Waals surface area contributed by atoms with Gasteiger partial charge in [-0.05, 0) is 31.9 Å². The second-order valence-electron chi connectivity index (χ2n) is 9.94. The number of aliphatic carboxylic acids is 1. The van der Waals surface area contributed by atoms with Crippen molar-refractivity contribution in [3.8, 4) is 11.3 Å². The number of rotatable bonds is 13. The monoisotopic (exact) mass is 581 g/mol. The normalized spacial score (nSPS) is 13.7. The van der Waals surface area contributed by atoms with Gasteiger partial charge >= 0.3 is 12.1 Å². The second-order valence-corrected chi connectivity index (χ2v) is 9.94. The number of nitrogens with zero attached hydrogens (tertiary/aromatic N) is 3. The number of hydrogen-bond donors (Lipinski definition) is 3. The highest BCUT2D eigenvalue weighted by molar-refractivity contribution is 6.01. The Kier molecular flexibility index (Phi) is 12.3. The SMILES string of the molecule is CCCCCOC(=O)N1CCN(C(=O)[C@H](CCC(=O)O)NC(=O)c2cc(C(=O)NCC)cc(-c3ccccc3)n2)CC1. The van der Waals surface area contributed by atoms with E-state index in [2.05, 4.69) is 22.5 Å². The minimum atomic E-state index is -1.14. The smallest absolute Gasteiger partial charge is 0.409 e. The van der Waals surface area contributed by atoms with Crippen LogP contribution in [0.3, 0.4) is 0 Å². The first-order valence-corrected chi connectivity index (χ1v) is 14.3. The number of carboxylic acid groups (broad SMARTS) is 1. The first-order chi connectivity index (χ1) is 20.2. The fraction of sp³-hybridized carbons (Fsp3) is 0.467. The summed E-state index contributed by atoms with van der Waals surface area (Å²) in [6, 6.07) is 10.8. The maximum atomic E-state index is 13.4. The Hall–Kier alpha value is -4.48. The van der Waals surface area contributed by atoms with Gasteiger partial charge in [0.15, 0.2) is 0 Å².